The summed E-state index contributed by atoms with van der Waals surface area (Å²) in [6, 6.07) is 13.1. The van der Waals surface area contributed by atoms with Gasteiger partial charge in [0.1, 0.15) is 5.76 Å². The maximum absolute atomic E-state index is 5.72. The number of aliphatic imine (C=N–C) groups is 1. The van der Waals surface area contributed by atoms with Crippen molar-refractivity contribution in [3.63, 3.8) is 0 Å². The molecule has 1 saturated heterocycles. The molecule has 2 heterocycles. The number of furan rings is 1. The first-order valence-corrected chi connectivity index (χ1v) is 11.3. The van der Waals surface area contributed by atoms with E-state index >= 15 is 0 Å². The number of hydrogen-bond acceptors (Lipinski definition) is 4. The fraction of sp³-hybridized carbons (Fsp3) is 0.542. The predicted octanol–water partition coefficient (Wildman–Crippen LogP) is 3.62. The van der Waals surface area contributed by atoms with Gasteiger partial charge in [0.25, 0.3) is 0 Å². The molecule has 6 heteroatoms. The second kappa shape index (κ2) is 11.8. The van der Waals surface area contributed by atoms with Crippen LogP contribution in [-0.2, 0) is 13.1 Å². The number of hydrogen-bond donors (Lipinski definition) is 2. The first-order chi connectivity index (χ1) is 14.7. The summed E-state index contributed by atoms with van der Waals surface area (Å²) >= 11 is 0. The minimum absolute atomic E-state index is 0.235. The van der Waals surface area contributed by atoms with E-state index in [4.69, 9.17) is 4.42 Å². The standard InChI is InChI=1S/C24H37N5O/c1-4-28(5-2)19-21-11-8-10-20(16-21)17-26-24(25-3)27-18-22(23-12-9-15-30-23)29-13-6-7-14-29/h8-12,15-16,22H,4-7,13-14,17-19H2,1-3H3,(H2,25,26,27). The molecule has 1 fully saturated rings. The number of likely N-dealkylation sites (tertiary alicyclic amines) is 1. The van der Waals surface area contributed by atoms with Gasteiger partial charge in [-0.25, -0.2) is 0 Å². The van der Waals surface area contributed by atoms with E-state index in [1.807, 2.05) is 13.1 Å². The lowest BCUT2D eigenvalue weighted by Crippen LogP contribution is -2.42. The van der Waals surface area contributed by atoms with E-state index < -0.39 is 0 Å². The van der Waals surface area contributed by atoms with Crippen LogP contribution >= 0.6 is 0 Å². The van der Waals surface area contributed by atoms with Crippen LogP contribution in [0.1, 0.15) is 49.6 Å². The fourth-order valence-electron chi connectivity index (χ4n) is 4.09. The van der Waals surface area contributed by atoms with Crippen LogP contribution in [0, 0.1) is 0 Å². The van der Waals surface area contributed by atoms with E-state index in [9.17, 15) is 0 Å². The molecule has 1 aliphatic heterocycles. The minimum atomic E-state index is 0.235. The summed E-state index contributed by atoms with van der Waals surface area (Å²) in [5, 5.41) is 6.96. The van der Waals surface area contributed by atoms with Gasteiger partial charge in [-0.1, -0.05) is 38.1 Å². The van der Waals surface area contributed by atoms with Crippen molar-refractivity contribution in [2.45, 2.75) is 45.8 Å². The van der Waals surface area contributed by atoms with Gasteiger partial charge in [-0.3, -0.25) is 14.8 Å². The van der Waals surface area contributed by atoms with Crippen molar-refractivity contribution < 1.29 is 4.42 Å². The second-order valence-corrected chi connectivity index (χ2v) is 7.86. The Morgan fingerprint density at radius 3 is 2.53 bits per heavy atom. The van der Waals surface area contributed by atoms with E-state index in [1.54, 1.807) is 6.26 Å². The molecule has 1 aromatic heterocycles. The van der Waals surface area contributed by atoms with Crippen molar-refractivity contribution in [1.29, 1.82) is 0 Å². The van der Waals surface area contributed by atoms with Crippen LogP contribution in [0.2, 0.25) is 0 Å². The molecule has 3 rings (SSSR count). The molecule has 1 aliphatic rings. The zero-order valence-electron chi connectivity index (χ0n) is 18.7. The van der Waals surface area contributed by atoms with Crippen LogP contribution < -0.4 is 10.6 Å². The molecule has 1 unspecified atom stereocenters. The summed E-state index contributed by atoms with van der Waals surface area (Å²) in [4.78, 5) is 9.34. The average Bonchev–Trinajstić information content (AvgIpc) is 3.49. The van der Waals surface area contributed by atoms with Crippen molar-refractivity contribution in [1.82, 2.24) is 20.4 Å². The first kappa shape index (κ1) is 22.4. The predicted molar refractivity (Wildman–Crippen MR) is 124 cm³/mol. The zero-order valence-corrected chi connectivity index (χ0v) is 18.7. The molecule has 30 heavy (non-hydrogen) atoms. The lowest BCUT2D eigenvalue weighted by molar-refractivity contribution is 0.215. The molecule has 0 aliphatic carbocycles. The molecule has 0 radical (unpaired) electrons. The van der Waals surface area contributed by atoms with Crippen LogP contribution in [0.15, 0.2) is 52.1 Å². The van der Waals surface area contributed by atoms with Crippen molar-refractivity contribution in [3.8, 4) is 0 Å². The van der Waals surface area contributed by atoms with Gasteiger partial charge < -0.3 is 15.1 Å². The van der Waals surface area contributed by atoms with Crippen LogP contribution in [-0.4, -0.2) is 55.5 Å². The monoisotopic (exact) mass is 411 g/mol. The number of nitrogens with zero attached hydrogens (tertiary/aromatic N) is 3. The number of benzene rings is 1. The lowest BCUT2D eigenvalue weighted by Gasteiger charge is -2.26. The van der Waals surface area contributed by atoms with E-state index in [0.29, 0.717) is 0 Å². The highest BCUT2D eigenvalue weighted by molar-refractivity contribution is 5.79. The Bertz CT molecular complexity index is 764. The van der Waals surface area contributed by atoms with Crippen LogP contribution in [0.25, 0.3) is 0 Å². The zero-order chi connectivity index (χ0) is 21.2. The maximum atomic E-state index is 5.72. The third-order valence-corrected chi connectivity index (χ3v) is 5.89. The quantitative estimate of drug-likeness (QED) is 0.462. The molecule has 2 aromatic rings. The summed E-state index contributed by atoms with van der Waals surface area (Å²) < 4.78 is 5.72. The van der Waals surface area contributed by atoms with Gasteiger partial charge in [0.2, 0.25) is 0 Å². The fourth-order valence-corrected chi connectivity index (χ4v) is 4.09. The summed E-state index contributed by atoms with van der Waals surface area (Å²) in [6.07, 6.45) is 4.28. The van der Waals surface area contributed by atoms with Crippen LogP contribution in [0.3, 0.4) is 0 Å². The molecular weight excluding hydrogens is 374 g/mol. The van der Waals surface area contributed by atoms with E-state index in [1.165, 1.54) is 24.0 Å². The molecule has 0 saturated carbocycles. The van der Waals surface area contributed by atoms with E-state index in [-0.39, 0.29) is 6.04 Å². The molecule has 0 spiro atoms. The molecular formula is C24H37N5O. The molecule has 1 aromatic carbocycles. The van der Waals surface area contributed by atoms with Gasteiger partial charge >= 0.3 is 0 Å². The van der Waals surface area contributed by atoms with Gasteiger partial charge in [0.05, 0.1) is 12.3 Å². The van der Waals surface area contributed by atoms with Crippen molar-refractivity contribution >= 4 is 5.96 Å². The highest BCUT2D eigenvalue weighted by Gasteiger charge is 2.25. The topological polar surface area (TPSA) is 56.0 Å². The van der Waals surface area contributed by atoms with Crippen LogP contribution in [0.5, 0.6) is 0 Å². The molecule has 2 N–H and O–H groups in total. The number of rotatable bonds is 10. The largest absolute Gasteiger partial charge is 0.468 e. The molecule has 6 nitrogen and oxygen atoms in total. The Kier molecular flexibility index (Phi) is 8.78. The molecule has 164 valence electrons. The third kappa shape index (κ3) is 6.34. The number of guanidine groups is 1. The minimum Gasteiger partial charge on any atom is -0.468 e. The van der Waals surface area contributed by atoms with Crippen molar-refractivity contribution in [2.75, 3.05) is 39.8 Å². The normalized spacial score (nSPS) is 16.2. The summed E-state index contributed by atoms with van der Waals surface area (Å²) in [5.74, 6) is 1.84. The second-order valence-electron chi connectivity index (χ2n) is 7.86. The molecule has 0 amide bonds. The summed E-state index contributed by atoms with van der Waals surface area (Å²) in [5.41, 5.74) is 2.62. The Morgan fingerprint density at radius 2 is 1.87 bits per heavy atom. The highest BCUT2D eigenvalue weighted by Crippen LogP contribution is 2.24. The van der Waals surface area contributed by atoms with Crippen molar-refractivity contribution in [3.05, 3.63) is 59.5 Å². The highest BCUT2D eigenvalue weighted by atomic mass is 16.3. The van der Waals surface area contributed by atoms with Crippen molar-refractivity contribution in [2.24, 2.45) is 4.99 Å². The van der Waals surface area contributed by atoms with Gasteiger partial charge in [0, 0.05) is 26.7 Å². The first-order valence-electron chi connectivity index (χ1n) is 11.3. The Hall–Kier alpha value is -2.31. The van der Waals surface area contributed by atoms with Gasteiger partial charge in [-0.15, -0.1) is 0 Å². The van der Waals surface area contributed by atoms with E-state index in [2.05, 4.69) is 69.6 Å². The Labute approximate surface area is 181 Å². The Morgan fingerprint density at radius 1 is 1.10 bits per heavy atom. The average molecular weight is 412 g/mol. The SMILES string of the molecule is CCN(CC)Cc1cccc(CNC(=NC)NCC(c2ccco2)N2CCCC2)c1. The number of nitrogens with one attached hydrogen (secondary N) is 2. The molecule has 0 bridgehead atoms. The van der Waals surface area contributed by atoms with E-state index in [0.717, 1.165) is 57.5 Å². The van der Waals surface area contributed by atoms with Gasteiger partial charge in [0.15, 0.2) is 5.96 Å². The van der Waals surface area contributed by atoms with Crippen LogP contribution in [0.4, 0.5) is 0 Å². The maximum Gasteiger partial charge on any atom is 0.191 e. The Balaban J connectivity index is 1.54. The van der Waals surface area contributed by atoms with Gasteiger partial charge in [-0.2, -0.15) is 0 Å². The summed E-state index contributed by atoms with van der Waals surface area (Å²) in [6.45, 7) is 11.3. The van der Waals surface area contributed by atoms with Gasteiger partial charge in [-0.05, 0) is 62.3 Å². The lowest BCUT2D eigenvalue weighted by atomic mass is 10.1. The summed E-state index contributed by atoms with van der Waals surface area (Å²) in [7, 11) is 1.82. The smallest absolute Gasteiger partial charge is 0.191 e. The molecule has 1 atom stereocenters. The third-order valence-electron chi connectivity index (χ3n) is 5.89.